The third-order valence-corrected chi connectivity index (χ3v) is 2.88. The lowest BCUT2D eigenvalue weighted by Crippen LogP contribution is -2.35. The van der Waals surface area contributed by atoms with Gasteiger partial charge in [-0.25, -0.2) is 14.8 Å². The second-order valence-corrected chi connectivity index (χ2v) is 6.47. The van der Waals surface area contributed by atoms with Gasteiger partial charge in [0.2, 0.25) is 5.95 Å². The van der Waals surface area contributed by atoms with Crippen LogP contribution in [-0.4, -0.2) is 34.4 Å². The van der Waals surface area contributed by atoms with Crippen molar-refractivity contribution in [2.24, 2.45) is 0 Å². The highest BCUT2D eigenvalue weighted by molar-refractivity contribution is 6.62. The fourth-order valence-corrected chi connectivity index (χ4v) is 1.68. The molecular formula is C14H20BN3O4. The number of carbonyl (C=O) groups is 1. The summed E-state index contributed by atoms with van der Waals surface area (Å²) in [7, 11) is -0.599. The summed E-state index contributed by atoms with van der Waals surface area (Å²) >= 11 is 0. The van der Waals surface area contributed by atoms with Crippen molar-refractivity contribution in [1.29, 1.82) is 0 Å². The van der Waals surface area contributed by atoms with Crippen LogP contribution < -0.4 is 10.8 Å². The van der Waals surface area contributed by atoms with Gasteiger partial charge in [-0.2, -0.15) is 0 Å². The summed E-state index contributed by atoms with van der Waals surface area (Å²) in [5.74, 6) is 0.697. The summed E-state index contributed by atoms with van der Waals surface area (Å²) in [6.07, 6.45) is 2.45. The van der Waals surface area contributed by atoms with Crippen molar-refractivity contribution in [2.75, 3.05) is 5.32 Å². The van der Waals surface area contributed by atoms with E-state index in [2.05, 4.69) is 21.9 Å². The number of nitrogens with zero attached hydrogens (tertiary/aromatic N) is 2. The van der Waals surface area contributed by atoms with Gasteiger partial charge in [-0.3, -0.25) is 5.32 Å². The Hall–Kier alpha value is -2.09. The van der Waals surface area contributed by atoms with Crippen LogP contribution in [-0.2, 0) is 14.0 Å². The van der Waals surface area contributed by atoms with Gasteiger partial charge in [0.1, 0.15) is 11.2 Å². The van der Waals surface area contributed by atoms with Crippen LogP contribution in [0, 0.1) is 0 Å². The Labute approximate surface area is 130 Å². The Morgan fingerprint density at radius 1 is 1.36 bits per heavy atom. The quantitative estimate of drug-likeness (QED) is 0.840. The highest BCUT2D eigenvalue weighted by Gasteiger charge is 2.43. The molecule has 2 heterocycles. The van der Waals surface area contributed by atoms with Gasteiger partial charge < -0.3 is 14.0 Å². The molecule has 1 saturated heterocycles. The summed E-state index contributed by atoms with van der Waals surface area (Å²) in [6, 6.07) is 0. The average Bonchev–Trinajstić information content (AvgIpc) is 2.62. The van der Waals surface area contributed by atoms with E-state index in [1.54, 1.807) is 20.8 Å². The van der Waals surface area contributed by atoms with Gasteiger partial charge in [-0.1, -0.05) is 6.58 Å². The molecule has 22 heavy (non-hydrogen) atoms. The molecule has 8 heteroatoms. The summed E-state index contributed by atoms with van der Waals surface area (Å²) in [6.45, 7) is 12.9. The first kappa shape index (κ1) is 16.3. The fourth-order valence-electron chi connectivity index (χ4n) is 1.68. The van der Waals surface area contributed by atoms with E-state index in [0.717, 1.165) is 0 Å². The number of nitrogens with one attached hydrogen (secondary N) is 1. The molecule has 0 aromatic carbocycles. The van der Waals surface area contributed by atoms with E-state index in [1.807, 2.05) is 13.8 Å². The molecule has 0 radical (unpaired) electrons. The molecule has 0 atom stereocenters. The SMILES string of the molecule is C=C1OB(c2cnc(NC(=O)OC(C)(C)C)nc2)OC1(C)C. The third kappa shape index (κ3) is 3.97. The van der Waals surface area contributed by atoms with E-state index in [-0.39, 0.29) is 5.95 Å². The normalized spacial score (nSPS) is 17.1. The van der Waals surface area contributed by atoms with Crippen LogP contribution in [0.4, 0.5) is 10.7 Å². The van der Waals surface area contributed by atoms with Crippen LogP contribution >= 0.6 is 0 Å². The van der Waals surface area contributed by atoms with E-state index in [1.165, 1.54) is 12.4 Å². The van der Waals surface area contributed by atoms with Crippen LogP contribution in [0.3, 0.4) is 0 Å². The van der Waals surface area contributed by atoms with E-state index < -0.39 is 24.4 Å². The van der Waals surface area contributed by atoms with Crippen molar-refractivity contribution in [3.63, 3.8) is 0 Å². The number of carbonyl (C=O) groups excluding carboxylic acids is 1. The van der Waals surface area contributed by atoms with Gasteiger partial charge in [-0.15, -0.1) is 0 Å². The smallest absolute Gasteiger partial charge is 0.534 e. The van der Waals surface area contributed by atoms with Crippen molar-refractivity contribution >= 4 is 24.6 Å². The highest BCUT2D eigenvalue weighted by Crippen LogP contribution is 2.28. The number of anilines is 1. The van der Waals surface area contributed by atoms with Crippen molar-refractivity contribution in [3.05, 3.63) is 24.7 Å². The third-order valence-electron chi connectivity index (χ3n) is 2.88. The van der Waals surface area contributed by atoms with E-state index >= 15 is 0 Å². The molecule has 118 valence electrons. The van der Waals surface area contributed by atoms with Crippen LogP contribution in [0.5, 0.6) is 0 Å². The standard InChI is InChI=1S/C14H20BN3O4/c1-9-14(5,6)22-15(21-9)10-7-16-11(17-8-10)18-12(19)20-13(2,3)4/h7-8H,1H2,2-6H3,(H,16,17,18,19). The Morgan fingerprint density at radius 2 is 1.95 bits per heavy atom. The predicted octanol–water partition coefficient (Wildman–Crippen LogP) is 1.86. The highest BCUT2D eigenvalue weighted by atomic mass is 16.7. The summed E-state index contributed by atoms with van der Waals surface area (Å²) in [5.41, 5.74) is -0.499. The molecule has 2 rings (SSSR count). The first-order chi connectivity index (χ1) is 10.1. The molecule has 0 aliphatic carbocycles. The molecule has 0 saturated carbocycles. The number of hydrogen-bond donors (Lipinski definition) is 1. The monoisotopic (exact) mass is 305 g/mol. The van der Waals surface area contributed by atoms with Gasteiger partial charge in [0.15, 0.2) is 0 Å². The number of amides is 1. The van der Waals surface area contributed by atoms with Crippen LogP contribution in [0.1, 0.15) is 34.6 Å². The van der Waals surface area contributed by atoms with E-state index in [4.69, 9.17) is 14.0 Å². The summed E-state index contributed by atoms with van der Waals surface area (Å²) < 4.78 is 16.4. The zero-order valence-corrected chi connectivity index (χ0v) is 13.5. The van der Waals surface area contributed by atoms with Crippen molar-refractivity contribution in [3.8, 4) is 0 Å². The largest absolute Gasteiger partial charge is 0.566 e. The first-order valence-corrected chi connectivity index (χ1v) is 6.93. The lowest BCUT2D eigenvalue weighted by atomic mass is 9.81. The van der Waals surface area contributed by atoms with Crippen molar-refractivity contribution < 1.29 is 18.8 Å². The van der Waals surface area contributed by atoms with Crippen LogP contribution in [0.2, 0.25) is 0 Å². The van der Waals surface area contributed by atoms with Gasteiger partial charge in [0, 0.05) is 17.9 Å². The summed E-state index contributed by atoms with van der Waals surface area (Å²) in [5, 5.41) is 2.46. The molecule has 1 aromatic heterocycles. The Morgan fingerprint density at radius 3 is 2.41 bits per heavy atom. The average molecular weight is 305 g/mol. The fraction of sp³-hybridized carbons (Fsp3) is 0.500. The second-order valence-electron chi connectivity index (χ2n) is 6.47. The number of aromatic nitrogens is 2. The number of ether oxygens (including phenoxy) is 1. The van der Waals surface area contributed by atoms with Crippen LogP contribution in [0.15, 0.2) is 24.7 Å². The second kappa shape index (κ2) is 5.60. The minimum Gasteiger partial charge on any atom is -0.534 e. The minimum absolute atomic E-state index is 0.147. The maximum absolute atomic E-state index is 11.6. The topological polar surface area (TPSA) is 82.6 Å². The van der Waals surface area contributed by atoms with Gasteiger partial charge in [-0.05, 0) is 34.6 Å². The zero-order chi connectivity index (χ0) is 16.5. The molecular weight excluding hydrogens is 285 g/mol. The predicted molar refractivity (Wildman–Crippen MR) is 82.7 cm³/mol. The lowest BCUT2D eigenvalue weighted by molar-refractivity contribution is 0.0634. The molecule has 0 spiro atoms. The molecule has 1 N–H and O–H groups in total. The Kier molecular flexibility index (Phi) is 4.15. The maximum Gasteiger partial charge on any atom is 0.566 e. The molecule has 1 amide bonds. The van der Waals surface area contributed by atoms with Crippen molar-refractivity contribution in [1.82, 2.24) is 9.97 Å². The molecule has 1 aromatic rings. The number of hydrogen-bond acceptors (Lipinski definition) is 6. The summed E-state index contributed by atoms with van der Waals surface area (Å²) in [4.78, 5) is 19.7. The molecule has 0 bridgehead atoms. The van der Waals surface area contributed by atoms with Crippen molar-refractivity contribution in [2.45, 2.75) is 45.8 Å². The Balaban J connectivity index is 2.00. The van der Waals surface area contributed by atoms with Gasteiger partial charge in [0.25, 0.3) is 0 Å². The van der Waals surface area contributed by atoms with E-state index in [9.17, 15) is 4.79 Å². The molecule has 0 unspecified atom stereocenters. The van der Waals surface area contributed by atoms with Gasteiger partial charge >= 0.3 is 13.2 Å². The Bertz CT molecular complexity index is 581. The minimum atomic E-state index is -0.608. The molecule has 7 nitrogen and oxygen atoms in total. The van der Waals surface area contributed by atoms with Crippen LogP contribution in [0.25, 0.3) is 0 Å². The zero-order valence-electron chi connectivity index (χ0n) is 13.5. The molecule has 1 fully saturated rings. The maximum atomic E-state index is 11.6. The lowest BCUT2D eigenvalue weighted by Gasteiger charge is -2.19. The number of rotatable bonds is 2. The first-order valence-electron chi connectivity index (χ1n) is 6.93. The van der Waals surface area contributed by atoms with E-state index in [0.29, 0.717) is 11.2 Å². The van der Waals surface area contributed by atoms with Gasteiger partial charge in [0.05, 0.1) is 5.76 Å². The molecule has 1 aliphatic rings. The molecule has 1 aliphatic heterocycles.